The summed E-state index contributed by atoms with van der Waals surface area (Å²) in [6.45, 7) is 9.12. The summed E-state index contributed by atoms with van der Waals surface area (Å²) in [4.78, 5) is 13.3. The summed E-state index contributed by atoms with van der Waals surface area (Å²) in [6.07, 6.45) is 25.1. The monoisotopic (exact) mass is 440 g/mol. The lowest BCUT2D eigenvalue weighted by molar-refractivity contribution is -0.151. The van der Waals surface area contributed by atoms with Gasteiger partial charge in [-0.05, 0) is 31.6 Å². The van der Waals surface area contributed by atoms with Crippen molar-refractivity contribution in [2.24, 2.45) is 11.3 Å². The van der Waals surface area contributed by atoms with Gasteiger partial charge in [0.05, 0.1) is 5.41 Å². The van der Waals surface area contributed by atoms with Crippen LogP contribution in [-0.2, 0) is 9.22 Å². The second-order valence-corrected chi connectivity index (χ2v) is 10.1. The molecule has 0 N–H and O–H groups in total. The molecule has 0 aromatic carbocycles. The minimum absolute atomic E-state index is 0.159. The van der Waals surface area contributed by atoms with Gasteiger partial charge >= 0.3 is 0 Å². The highest BCUT2D eigenvalue weighted by atomic mass is 28.2. The molecule has 0 aliphatic carbocycles. The van der Waals surface area contributed by atoms with Gasteiger partial charge in [0, 0.05) is 0 Å². The predicted octanol–water partition coefficient (Wildman–Crippen LogP) is 8.29. The van der Waals surface area contributed by atoms with Crippen molar-refractivity contribution in [3.63, 3.8) is 0 Å². The fourth-order valence-corrected chi connectivity index (χ4v) is 5.64. The van der Waals surface area contributed by atoms with Crippen molar-refractivity contribution in [1.82, 2.24) is 0 Å². The van der Waals surface area contributed by atoms with Crippen LogP contribution in [0.1, 0.15) is 156 Å². The summed E-state index contributed by atoms with van der Waals surface area (Å²) in [5.74, 6) is 0.676. The first-order chi connectivity index (χ1) is 14.6. The van der Waals surface area contributed by atoms with Crippen molar-refractivity contribution >= 4 is 16.5 Å². The van der Waals surface area contributed by atoms with Crippen LogP contribution < -0.4 is 0 Å². The molecule has 1 unspecified atom stereocenters. The summed E-state index contributed by atoms with van der Waals surface area (Å²) < 4.78 is 5.64. The van der Waals surface area contributed by atoms with E-state index in [1.54, 1.807) is 0 Å². The van der Waals surface area contributed by atoms with Crippen LogP contribution in [0.15, 0.2) is 0 Å². The van der Waals surface area contributed by atoms with E-state index in [9.17, 15) is 4.79 Å². The SMILES string of the molecule is CCCCCCCC(CCC)C(CCCCCCC)(CCCCCCC)C(=O)O[SiH3]. The van der Waals surface area contributed by atoms with Crippen molar-refractivity contribution in [1.29, 1.82) is 0 Å². The van der Waals surface area contributed by atoms with Crippen LogP contribution in [0.25, 0.3) is 0 Å². The normalized spacial score (nSPS) is 12.9. The molecular formula is C27H56O2Si. The Kier molecular flexibility index (Phi) is 20.4. The van der Waals surface area contributed by atoms with Gasteiger partial charge in [0.2, 0.25) is 10.5 Å². The summed E-state index contributed by atoms with van der Waals surface area (Å²) in [5, 5.41) is 0. The van der Waals surface area contributed by atoms with Crippen LogP contribution in [-0.4, -0.2) is 16.5 Å². The minimum atomic E-state index is -0.207. The first-order valence-electron chi connectivity index (χ1n) is 13.7. The molecule has 0 bridgehead atoms. The Morgan fingerprint density at radius 2 is 1.07 bits per heavy atom. The van der Waals surface area contributed by atoms with Crippen molar-refractivity contribution < 1.29 is 9.22 Å². The van der Waals surface area contributed by atoms with Gasteiger partial charge in [-0.3, -0.25) is 4.79 Å². The lowest BCUT2D eigenvalue weighted by atomic mass is 9.65. The van der Waals surface area contributed by atoms with E-state index in [0.29, 0.717) is 16.4 Å². The Labute approximate surface area is 193 Å². The Morgan fingerprint density at radius 1 is 0.633 bits per heavy atom. The third-order valence-electron chi connectivity index (χ3n) is 7.12. The van der Waals surface area contributed by atoms with E-state index in [1.165, 1.54) is 116 Å². The first kappa shape index (κ1) is 29.7. The zero-order valence-corrected chi connectivity index (χ0v) is 23.5. The molecule has 0 saturated heterocycles. The van der Waals surface area contributed by atoms with Gasteiger partial charge < -0.3 is 4.43 Å². The summed E-state index contributed by atoms with van der Waals surface area (Å²) in [7, 11) is 0.532. The summed E-state index contributed by atoms with van der Waals surface area (Å²) in [6, 6.07) is 0. The standard InChI is InChI=1S/C27H56O2Si/c1-5-9-12-15-18-22-25(21-8-4)27(26(28)29-30,23-19-16-13-10-6-2)24-20-17-14-11-7-3/h25H,5-24H2,1-4,30H3. The van der Waals surface area contributed by atoms with Gasteiger partial charge in [-0.15, -0.1) is 0 Å². The molecular weight excluding hydrogens is 384 g/mol. The zero-order chi connectivity index (χ0) is 22.5. The molecule has 0 aromatic heterocycles. The van der Waals surface area contributed by atoms with E-state index in [0.717, 1.165) is 12.8 Å². The molecule has 0 radical (unpaired) electrons. The topological polar surface area (TPSA) is 26.3 Å². The fourth-order valence-electron chi connectivity index (χ4n) is 5.23. The van der Waals surface area contributed by atoms with Crippen LogP contribution in [0.3, 0.4) is 0 Å². The van der Waals surface area contributed by atoms with Gasteiger partial charge in [-0.2, -0.15) is 0 Å². The third-order valence-corrected chi connectivity index (χ3v) is 7.49. The van der Waals surface area contributed by atoms with Crippen LogP contribution in [0.4, 0.5) is 0 Å². The third kappa shape index (κ3) is 12.5. The van der Waals surface area contributed by atoms with E-state index < -0.39 is 0 Å². The lowest BCUT2D eigenvalue weighted by Crippen LogP contribution is -2.40. The number of carbonyl (C=O) groups is 1. The van der Waals surface area contributed by atoms with Crippen molar-refractivity contribution in [2.75, 3.05) is 0 Å². The van der Waals surface area contributed by atoms with Gasteiger partial charge in [-0.25, -0.2) is 0 Å². The number of unbranched alkanes of at least 4 members (excludes halogenated alkanes) is 12. The van der Waals surface area contributed by atoms with Gasteiger partial charge in [0.1, 0.15) is 0 Å². The smallest absolute Gasteiger partial charge is 0.298 e. The number of hydrogen-bond donors (Lipinski definition) is 0. The van der Waals surface area contributed by atoms with Gasteiger partial charge in [0.25, 0.3) is 5.97 Å². The average molecular weight is 441 g/mol. The van der Waals surface area contributed by atoms with Crippen molar-refractivity contribution in [3.05, 3.63) is 0 Å². The Hall–Kier alpha value is -0.313. The molecule has 0 amide bonds. The molecule has 0 aliphatic rings. The molecule has 3 heteroatoms. The maximum atomic E-state index is 13.3. The second kappa shape index (κ2) is 20.6. The Bertz CT molecular complexity index is 369. The second-order valence-electron chi connectivity index (χ2n) is 9.66. The van der Waals surface area contributed by atoms with E-state index in [4.69, 9.17) is 4.43 Å². The molecule has 2 nitrogen and oxygen atoms in total. The number of hydrogen-bond acceptors (Lipinski definition) is 2. The zero-order valence-electron chi connectivity index (χ0n) is 21.5. The molecule has 0 fully saturated rings. The molecule has 0 heterocycles. The van der Waals surface area contributed by atoms with Crippen LogP contribution in [0.5, 0.6) is 0 Å². The van der Waals surface area contributed by atoms with E-state index >= 15 is 0 Å². The van der Waals surface area contributed by atoms with Crippen LogP contribution >= 0.6 is 0 Å². The molecule has 0 rings (SSSR count). The lowest BCUT2D eigenvalue weighted by Gasteiger charge is -2.39. The number of carbonyl (C=O) groups excluding carboxylic acids is 1. The van der Waals surface area contributed by atoms with Gasteiger partial charge in [0.15, 0.2) is 0 Å². The molecule has 0 aromatic rings. The molecule has 0 aliphatic heterocycles. The van der Waals surface area contributed by atoms with Gasteiger partial charge in [-0.1, -0.05) is 130 Å². The molecule has 0 saturated carbocycles. The predicted molar refractivity (Wildman–Crippen MR) is 137 cm³/mol. The molecule has 180 valence electrons. The molecule has 0 spiro atoms. The molecule has 30 heavy (non-hydrogen) atoms. The van der Waals surface area contributed by atoms with Crippen LogP contribution in [0, 0.1) is 11.3 Å². The highest BCUT2D eigenvalue weighted by Crippen LogP contribution is 2.45. The maximum Gasteiger partial charge on any atom is 0.298 e. The Morgan fingerprint density at radius 3 is 1.47 bits per heavy atom. The maximum absolute atomic E-state index is 13.3. The average Bonchev–Trinajstić information content (AvgIpc) is 2.76. The summed E-state index contributed by atoms with van der Waals surface area (Å²) in [5.41, 5.74) is -0.207. The largest absolute Gasteiger partial charge is 0.528 e. The molecule has 1 atom stereocenters. The van der Waals surface area contributed by atoms with Crippen LogP contribution in [0.2, 0.25) is 0 Å². The van der Waals surface area contributed by atoms with E-state index in [2.05, 4.69) is 27.7 Å². The first-order valence-corrected chi connectivity index (χ1v) is 14.5. The highest BCUT2D eigenvalue weighted by Gasteiger charge is 2.44. The van der Waals surface area contributed by atoms with Crippen molar-refractivity contribution in [3.8, 4) is 0 Å². The van der Waals surface area contributed by atoms with Crippen molar-refractivity contribution in [2.45, 2.75) is 156 Å². The quantitative estimate of drug-likeness (QED) is 0.125. The highest BCUT2D eigenvalue weighted by molar-refractivity contribution is 6.06. The van der Waals surface area contributed by atoms with E-state index in [1.807, 2.05) is 0 Å². The summed E-state index contributed by atoms with van der Waals surface area (Å²) >= 11 is 0. The fraction of sp³-hybridized carbons (Fsp3) is 0.963. The van der Waals surface area contributed by atoms with E-state index in [-0.39, 0.29) is 11.4 Å². The number of rotatable bonds is 22. The Balaban J connectivity index is 5.27. The minimum Gasteiger partial charge on any atom is -0.528 e.